The van der Waals surface area contributed by atoms with E-state index >= 15 is 0 Å². The summed E-state index contributed by atoms with van der Waals surface area (Å²) >= 11 is 1.32. The van der Waals surface area contributed by atoms with Gasteiger partial charge in [0.25, 0.3) is 5.91 Å². The number of amides is 1. The summed E-state index contributed by atoms with van der Waals surface area (Å²) in [7, 11) is 0. The third-order valence-corrected chi connectivity index (χ3v) is 5.97. The van der Waals surface area contributed by atoms with E-state index in [1.807, 2.05) is 36.4 Å². The van der Waals surface area contributed by atoms with E-state index in [-0.39, 0.29) is 24.4 Å². The van der Waals surface area contributed by atoms with Crippen LogP contribution >= 0.6 is 11.3 Å². The van der Waals surface area contributed by atoms with Crippen molar-refractivity contribution in [1.82, 2.24) is 10.6 Å². The number of hydrogen-bond acceptors (Lipinski definition) is 4. The molecule has 0 saturated carbocycles. The van der Waals surface area contributed by atoms with Gasteiger partial charge in [-0.25, -0.2) is 4.39 Å². The molecule has 6 heteroatoms. The molecule has 1 amide bonds. The number of thiophene rings is 1. The van der Waals surface area contributed by atoms with Crippen LogP contribution in [0.25, 0.3) is 10.1 Å². The van der Waals surface area contributed by atoms with Crippen molar-refractivity contribution < 1.29 is 13.9 Å². The highest BCUT2D eigenvalue weighted by atomic mass is 32.1. The summed E-state index contributed by atoms with van der Waals surface area (Å²) in [5.74, 6) is 0.225. The Bertz CT molecular complexity index is 936. The van der Waals surface area contributed by atoms with Crippen molar-refractivity contribution in [3.8, 4) is 5.75 Å². The highest BCUT2D eigenvalue weighted by Gasteiger charge is 2.24. The van der Waals surface area contributed by atoms with Crippen LogP contribution < -0.4 is 15.4 Å². The van der Waals surface area contributed by atoms with Crippen LogP contribution in [0.1, 0.15) is 28.1 Å². The van der Waals surface area contributed by atoms with E-state index in [4.69, 9.17) is 4.74 Å². The number of nitrogens with one attached hydrogen (secondary N) is 2. The predicted octanol–water partition coefficient (Wildman–Crippen LogP) is 4.10. The van der Waals surface area contributed by atoms with Crippen LogP contribution in [0.15, 0.2) is 48.5 Å². The Balaban J connectivity index is 1.64. The average molecular weight is 384 g/mol. The molecule has 4 rings (SSSR count). The minimum atomic E-state index is -0.323. The van der Waals surface area contributed by atoms with E-state index in [0.29, 0.717) is 21.6 Å². The third-order valence-electron chi connectivity index (χ3n) is 4.77. The minimum absolute atomic E-state index is 0.144. The van der Waals surface area contributed by atoms with Gasteiger partial charge in [-0.3, -0.25) is 4.79 Å². The summed E-state index contributed by atoms with van der Waals surface area (Å²) in [6.07, 6.45) is 1.81. The first-order valence-corrected chi connectivity index (χ1v) is 9.93. The minimum Gasteiger partial charge on any atom is -0.489 e. The van der Waals surface area contributed by atoms with Gasteiger partial charge >= 0.3 is 0 Å². The zero-order valence-electron chi connectivity index (χ0n) is 14.8. The predicted molar refractivity (Wildman–Crippen MR) is 106 cm³/mol. The largest absolute Gasteiger partial charge is 0.489 e. The molecule has 0 aliphatic carbocycles. The Hall–Kier alpha value is -2.44. The average Bonchev–Trinajstić information content (AvgIpc) is 3.08. The maximum absolute atomic E-state index is 14.5. The van der Waals surface area contributed by atoms with E-state index in [1.54, 1.807) is 6.07 Å². The molecule has 0 spiro atoms. The van der Waals surface area contributed by atoms with Crippen molar-refractivity contribution in [2.24, 2.45) is 0 Å². The summed E-state index contributed by atoms with van der Waals surface area (Å²) in [6.45, 7) is 1.95. The van der Waals surface area contributed by atoms with Gasteiger partial charge in [-0.2, -0.15) is 0 Å². The lowest BCUT2D eigenvalue weighted by atomic mass is 10.1. The Morgan fingerprint density at radius 2 is 1.93 bits per heavy atom. The van der Waals surface area contributed by atoms with Gasteiger partial charge in [-0.15, -0.1) is 11.3 Å². The molecule has 140 valence electrons. The molecule has 1 aliphatic heterocycles. The van der Waals surface area contributed by atoms with Crippen LogP contribution in [0.4, 0.5) is 4.39 Å². The Morgan fingerprint density at radius 1 is 1.15 bits per heavy atom. The van der Waals surface area contributed by atoms with Gasteiger partial charge in [0.2, 0.25) is 0 Å². The van der Waals surface area contributed by atoms with Crippen LogP contribution in [0.3, 0.4) is 0 Å². The molecule has 1 aromatic heterocycles. The molecule has 0 radical (unpaired) electrons. The molecule has 4 nitrogen and oxygen atoms in total. The van der Waals surface area contributed by atoms with Gasteiger partial charge < -0.3 is 15.4 Å². The normalized spacial score (nSPS) is 15.0. The van der Waals surface area contributed by atoms with Crippen molar-refractivity contribution in [3.63, 3.8) is 0 Å². The second kappa shape index (κ2) is 8.06. The number of halogens is 1. The first kappa shape index (κ1) is 17.9. The van der Waals surface area contributed by atoms with E-state index in [1.165, 1.54) is 17.4 Å². The Labute approximate surface area is 161 Å². The number of rotatable bonds is 5. The van der Waals surface area contributed by atoms with Crippen LogP contribution in [0.5, 0.6) is 5.75 Å². The molecule has 2 heterocycles. The monoisotopic (exact) mass is 384 g/mol. The molecular formula is C21H21FN2O2S. The molecule has 27 heavy (non-hydrogen) atoms. The summed E-state index contributed by atoms with van der Waals surface area (Å²) in [4.78, 5) is 13.5. The summed E-state index contributed by atoms with van der Waals surface area (Å²) in [5.41, 5.74) is 0.614. The SMILES string of the molecule is O=C(NC1CCNCC1)c1sc2cccc(F)c2c1COc1ccccc1. The highest BCUT2D eigenvalue weighted by molar-refractivity contribution is 7.21. The molecule has 1 aliphatic rings. The topological polar surface area (TPSA) is 50.4 Å². The molecule has 1 saturated heterocycles. The molecule has 0 unspecified atom stereocenters. The number of piperidine rings is 1. The van der Waals surface area contributed by atoms with E-state index in [0.717, 1.165) is 30.6 Å². The number of ether oxygens (including phenoxy) is 1. The lowest BCUT2D eigenvalue weighted by Gasteiger charge is -2.23. The first-order chi connectivity index (χ1) is 13.2. The van der Waals surface area contributed by atoms with Crippen molar-refractivity contribution in [2.75, 3.05) is 13.1 Å². The van der Waals surface area contributed by atoms with Crippen LogP contribution in [0.2, 0.25) is 0 Å². The van der Waals surface area contributed by atoms with E-state index < -0.39 is 0 Å². The molecule has 1 fully saturated rings. The van der Waals surface area contributed by atoms with Gasteiger partial charge in [0.05, 0.1) is 4.88 Å². The standard InChI is InChI=1S/C21H21FN2O2S/c22-17-7-4-8-18-19(17)16(13-26-15-5-2-1-3-6-15)20(27-18)21(25)24-14-9-11-23-12-10-14/h1-8,14,23H,9-13H2,(H,24,25). The summed E-state index contributed by atoms with van der Waals surface area (Å²) in [5, 5.41) is 6.88. The highest BCUT2D eigenvalue weighted by Crippen LogP contribution is 2.34. The fourth-order valence-electron chi connectivity index (χ4n) is 3.38. The summed E-state index contributed by atoms with van der Waals surface area (Å²) < 4.78 is 21.1. The van der Waals surface area contributed by atoms with Crippen molar-refractivity contribution in [1.29, 1.82) is 0 Å². The zero-order valence-corrected chi connectivity index (χ0v) is 15.7. The van der Waals surface area contributed by atoms with Gasteiger partial charge in [0, 0.05) is 21.7 Å². The molecular weight excluding hydrogens is 363 g/mol. The van der Waals surface area contributed by atoms with Gasteiger partial charge in [-0.1, -0.05) is 24.3 Å². The van der Waals surface area contributed by atoms with Gasteiger partial charge in [-0.05, 0) is 50.2 Å². The van der Waals surface area contributed by atoms with Gasteiger partial charge in [0.15, 0.2) is 0 Å². The number of carbonyl (C=O) groups excluding carboxylic acids is 1. The summed E-state index contributed by atoms with van der Waals surface area (Å²) in [6, 6.07) is 14.5. The second-order valence-electron chi connectivity index (χ2n) is 6.62. The lowest BCUT2D eigenvalue weighted by Crippen LogP contribution is -2.42. The number of carbonyl (C=O) groups is 1. The number of hydrogen-bond donors (Lipinski definition) is 2. The van der Waals surface area contributed by atoms with Crippen molar-refractivity contribution >= 4 is 27.3 Å². The quantitative estimate of drug-likeness (QED) is 0.696. The maximum atomic E-state index is 14.5. The van der Waals surface area contributed by atoms with Crippen molar-refractivity contribution in [2.45, 2.75) is 25.5 Å². The fraction of sp³-hybridized carbons (Fsp3) is 0.286. The first-order valence-electron chi connectivity index (χ1n) is 9.11. The molecule has 0 bridgehead atoms. The maximum Gasteiger partial charge on any atom is 0.262 e. The second-order valence-corrected chi connectivity index (χ2v) is 7.67. The van der Waals surface area contributed by atoms with Crippen LogP contribution in [0, 0.1) is 5.82 Å². The number of para-hydroxylation sites is 1. The smallest absolute Gasteiger partial charge is 0.262 e. The number of fused-ring (bicyclic) bond motifs is 1. The van der Waals surface area contributed by atoms with E-state index in [2.05, 4.69) is 10.6 Å². The molecule has 2 N–H and O–H groups in total. The third kappa shape index (κ3) is 3.96. The van der Waals surface area contributed by atoms with Gasteiger partial charge in [0.1, 0.15) is 18.2 Å². The molecule has 3 aromatic rings. The van der Waals surface area contributed by atoms with Crippen molar-refractivity contribution in [3.05, 3.63) is 64.8 Å². The molecule has 2 aromatic carbocycles. The van der Waals surface area contributed by atoms with Crippen LogP contribution in [-0.4, -0.2) is 25.0 Å². The number of benzene rings is 2. The Morgan fingerprint density at radius 3 is 2.70 bits per heavy atom. The zero-order chi connectivity index (χ0) is 18.6. The van der Waals surface area contributed by atoms with Crippen LogP contribution in [-0.2, 0) is 6.61 Å². The molecule has 0 atom stereocenters. The Kier molecular flexibility index (Phi) is 5.36. The fourth-order valence-corrected chi connectivity index (χ4v) is 4.50. The lowest BCUT2D eigenvalue weighted by molar-refractivity contribution is 0.0931. The van der Waals surface area contributed by atoms with E-state index in [9.17, 15) is 9.18 Å².